The predicted octanol–water partition coefficient (Wildman–Crippen LogP) is 2.10. The SMILES string of the molecule is Cc1nn(C)c(O)c1-c1ccccc1. The Morgan fingerprint density at radius 3 is 2.36 bits per heavy atom. The molecule has 1 aromatic heterocycles. The molecule has 1 heterocycles. The number of aromatic hydroxyl groups is 1. The zero-order valence-electron chi connectivity index (χ0n) is 8.23. The number of rotatable bonds is 1. The molecule has 2 rings (SSSR count). The first-order valence-electron chi connectivity index (χ1n) is 4.48. The second kappa shape index (κ2) is 3.18. The molecule has 0 unspecified atom stereocenters. The molecule has 1 N–H and O–H groups in total. The molecule has 3 nitrogen and oxygen atoms in total. The molecule has 0 aliphatic rings. The van der Waals surface area contributed by atoms with Gasteiger partial charge < -0.3 is 5.11 Å². The maximum atomic E-state index is 9.77. The van der Waals surface area contributed by atoms with Gasteiger partial charge in [-0.2, -0.15) is 5.10 Å². The molecule has 0 atom stereocenters. The minimum Gasteiger partial charge on any atom is -0.493 e. The normalized spacial score (nSPS) is 10.4. The van der Waals surface area contributed by atoms with Gasteiger partial charge in [-0.3, -0.25) is 0 Å². The zero-order chi connectivity index (χ0) is 10.1. The highest BCUT2D eigenvalue weighted by atomic mass is 16.3. The highest BCUT2D eigenvalue weighted by Gasteiger charge is 2.12. The molecular formula is C11H12N2O. The van der Waals surface area contributed by atoms with Crippen LogP contribution in [0.3, 0.4) is 0 Å². The van der Waals surface area contributed by atoms with E-state index >= 15 is 0 Å². The summed E-state index contributed by atoms with van der Waals surface area (Å²) in [6.45, 7) is 1.89. The molecule has 0 saturated carbocycles. The van der Waals surface area contributed by atoms with E-state index in [4.69, 9.17) is 0 Å². The summed E-state index contributed by atoms with van der Waals surface area (Å²) >= 11 is 0. The second-order valence-corrected chi connectivity index (χ2v) is 3.27. The van der Waals surface area contributed by atoms with Gasteiger partial charge in [0.15, 0.2) is 0 Å². The van der Waals surface area contributed by atoms with Gasteiger partial charge in [0.2, 0.25) is 5.88 Å². The van der Waals surface area contributed by atoms with Crippen LogP contribution in [0.5, 0.6) is 5.88 Å². The van der Waals surface area contributed by atoms with Gasteiger partial charge in [-0.25, -0.2) is 4.68 Å². The van der Waals surface area contributed by atoms with Crippen molar-refractivity contribution < 1.29 is 5.11 Å². The van der Waals surface area contributed by atoms with Crippen LogP contribution in [0.4, 0.5) is 0 Å². The first-order chi connectivity index (χ1) is 6.70. The van der Waals surface area contributed by atoms with Crippen LogP contribution in [0.15, 0.2) is 30.3 Å². The maximum Gasteiger partial charge on any atom is 0.217 e. The van der Waals surface area contributed by atoms with Crippen LogP contribution in [0.25, 0.3) is 11.1 Å². The summed E-state index contributed by atoms with van der Waals surface area (Å²) in [6, 6.07) is 9.77. The molecule has 72 valence electrons. The average molecular weight is 188 g/mol. The minimum absolute atomic E-state index is 0.216. The van der Waals surface area contributed by atoms with E-state index in [1.165, 1.54) is 4.68 Å². The lowest BCUT2D eigenvalue weighted by molar-refractivity contribution is 0.420. The van der Waals surface area contributed by atoms with Crippen molar-refractivity contribution in [3.63, 3.8) is 0 Å². The Morgan fingerprint density at radius 1 is 1.21 bits per heavy atom. The summed E-state index contributed by atoms with van der Waals surface area (Å²) in [5.74, 6) is 0.216. The molecule has 0 radical (unpaired) electrons. The fourth-order valence-electron chi connectivity index (χ4n) is 1.59. The predicted molar refractivity (Wildman–Crippen MR) is 55.0 cm³/mol. The van der Waals surface area contributed by atoms with Gasteiger partial charge in [-0.15, -0.1) is 0 Å². The fourth-order valence-corrected chi connectivity index (χ4v) is 1.59. The van der Waals surface area contributed by atoms with E-state index in [0.717, 1.165) is 16.8 Å². The summed E-state index contributed by atoms with van der Waals surface area (Å²) in [6.07, 6.45) is 0. The smallest absolute Gasteiger partial charge is 0.217 e. The average Bonchev–Trinajstić information content (AvgIpc) is 2.43. The van der Waals surface area contributed by atoms with Gasteiger partial charge in [0, 0.05) is 7.05 Å². The third-order valence-electron chi connectivity index (χ3n) is 2.25. The lowest BCUT2D eigenvalue weighted by atomic mass is 10.1. The van der Waals surface area contributed by atoms with Crippen molar-refractivity contribution in [2.75, 3.05) is 0 Å². The largest absolute Gasteiger partial charge is 0.493 e. The van der Waals surface area contributed by atoms with Crippen LogP contribution in [-0.2, 0) is 7.05 Å². The van der Waals surface area contributed by atoms with Gasteiger partial charge in [0.25, 0.3) is 0 Å². The monoisotopic (exact) mass is 188 g/mol. The molecule has 14 heavy (non-hydrogen) atoms. The standard InChI is InChI=1S/C11H12N2O/c1-8-10(11(14)13(2)12-8)9-6-4-3-5-7-9/h3-7,14H,1-2H3. The van der Waals surface area contributed by atoms with Crippen molar-refractivity contribution in [1.29, 1.82) is 0 Å². The van der Waals surface area contributed by atoms with E-state index in [1.54, 1.807) is 7.05 Å². The van der Waals surface area contributed by atoms with Gasteiger partial charge in [0.1, 0.15) is 0 Å². The molecule has 0 aliphatic heterocycles. The molecular weight excluding hydrogens is 176 g/mol. The molecule has 0 bridgehead atoms. The molecule has 0 fully saturated rings. The van der Waals surface area contributed by atoms with Gasteiger partial charge in [0.05, 0.1) is 11.3 Å². The van der Waals surface area contributed by atoms with Crippen molar-refractivity contribution in [2.24, 2.45) is 7.05 Å². The van der Waals surface area contributed by atoms with Crippen LogP contribution in [-0.4, -0.2) is 14.9 Å². The maximum absolute atomic E-state index is 9.77. The topological polar surface area (TPSA) is 38.0 Å². The molecule has 0 spiro atoms. The van der Waals surface area contributed by atoms with Gasteiger partial charge >= 0.3 is 0 Å². The Bertz CT molecular complexity index is 446. The van der Waals surface area contributed by atoms with Crippen molar-refractivity contribution in [1.82, 2.24) is 9.78 Å². The number of hydrogen-bond donors (Lipinski definition) is 1. The van der Waals surface area contributed by atoms with Crippen molar-refractivity contribution in [3.8, 4) is 17.0 Å². The number of hydrogen-bond acceptors (Lipinski definition) is 2. The van der Waals surface area contributed by atoms with Crippen molar-refractivity contribution in [2.45, 2.75) is 6.92 Å². The van der Waals surface area contributed by atoms with Crippen LogP contribution in [0.1, 0.15) is 5.69 Å². The molecule has 3 heteroatoms. The molecule has 1 aromatic carbocycles. The highest BCUT2D eigenvalue weighted by Crippen LogP contribution is 2.31. The Balaban J connectivity index is 2.62. The quantitative estimate of drug-likeness (QED) is 0.744. The minimum atomic E-state index is 0.216. The summed E-state index contributed by atoms with van der Waals surface area (Å²) in [5, 5.41) is 13.9. The molecule has 0 aliphatic carbocycles. The van der Waals surface area contributed by atoms with Crippen molar-refractivity contribution in [3.05, 3.63) is 36.0 Å². The van der Waals surface area contributed by atoms with Crippen molar-refractivity contribution >= 4 is 0 Å². The van der Waals surface area contributed by atoms with Crippen LogP contribution >= 0.6 is 0 Å². The Morgan fingerprint density at radius 2 is 1.86 bits per heavy atom. The Kier molecular flexibility index (Phi) is 2.00. The van der Waals surface area contributed by atoms with E-state index in [9.17, 15) is 5.11 Å². The zero-order valence-corrected chi connectivity index (χ0v) is 8.23. The number of aromatic nitrogens is 2. The number of aryl methyl sites for hydroxylation is 2. The van der Waals surface area contributed by atoms with Crippen LogP contribution in [0.2, 0.25) is 0 Å². The summed E-state index contributed by atoms with van der Waals surface area (Å²) in [4.78, 5) is 0. The third-order valence-corrected chi connectivity index (χ3v) is 2.25. The van der Waals surface area contributed by atoms with E-state index in [0.29, 0.717) is 0 Å². The number of nitrogens with zero attached hydrogens (tertiary/aromatic N) is 2. The van der Waals surface area contributed by atoms with Gasteiger partial charge in [-0.05, 0) is 12.5 Å². The first-order valence-corrected chi connectivity index (χ1v) is 4.48. The molecule has 2 aromatic rings. The summed E-state index contributed by atoms with van der Waals surface area (Å²) in [5.41, 5.74) is 2.65. The summed E-state index contributed by atoms with van der Waals surface area (Å²) < 4.78 is 1.48. The fraction of sp³-hybridized carbons (Fsp3) is 0.182. The Labute approximate surface area is 82.6 Å². The van der Waals surface area contributed by atoms with Gasteiger partial charge in [-0.1, -0.05) is 30.3 Å². The van der Waals surface area contributed by atoms with Crippen LogP contribution in [0, 0.1) is 6.92 Å². The second-order valence-electron chi connectivity index (χ2n) is 3.27. The lowest BCUT2D eigenvalue weighted by Gasteiger charge is -1.99. The third kappa shape index (κ3) is 1.27. The van der Waals surface area contributed by atoms with E-state index in [2.05, 4.69) is 5.10 Å². The van der Waals surface area contributed by atoms with E-state index in [-0.39, 0.29) is 5.88 Å². The van der Waals surface area contributed by atoms with E-state index in [1.807, 2.05) is 37.3 Å². The van der Waals surface area contributed by atoms with E-state index < -0.39 is 0 Å². The lowest BCUT2D eigenvalue weighted by Crippen LogP contribution is -1.88. The molecule has 0 amide bonds. The van der Waals surface area contributed by atoms with Crippen LogP contribution < -0.4 is 0 Å². The molecule has 0 saturated heterocycles. The first kappa shape index (κ1) is 8.81. The summed E-state index contributed by atoms with van der Waals surface area (Å²) in [7, 11) is 1.73. The Hall–Kier alpha value is -1.77. The number of benzene rings is 1. The highest BCUT2D eigenvalue weighted by molar-refractivity contribution is 5.70.